The lowest BCUT2D eigenvalue weighted by Gasteiger charge is -2.31. The first kappa shape index (κ1) is 17.3. The summed E-state index contributed by atoms with van der Waals surface area (Å²) in [6.07, 6.45) is 2.92. The van der Waals surface area contributed by atoms with Gasteiger partial charge in [-0.15, -0.1) is 0 Å². The zero-order chi connectivity index (χ0) is 15.9. The highest BCUT2D eigenvalue weighted by Gasteiger charge is 2.18. The molecule has 0 saturated carbocycles. The summed E-state index contributed by atoms with van der Waals surface area (Å²) in [5.41, 5.74) is 2.01. The van der Waals surface area contributed by atoms with Crippen LogP contribution in [0.4, 0.5) is 5.69 Å². The molecule has 0 unspecified atom stereocenters. The van der Waals surface area contributed by atoms with Gasteiger partial charge in [0, 0.05) is 31.0 Å². The zero-order valence-electron chi connectivity index (χ0n) is 13.3. The van der Waals surface area contributed by atoms with Crippen LogP contribution in [-0.4, -0.2) is 34.0 Å². The van der Waals surface area contributed by atoms with Crippen molar-refractivity contribution in [2.75, 3.05) is 24.2 Å². The van der Waals surface area contributed by atoms with E-state index in [4.69, 9.17) is 12.2 Å². The van der Waals surface area contributed by atoms with Crippen LogP contribution in [0.2, 0.25) is 0 Å². The molecular weight excluding hydrogens is 312 g/mol. The number of amides is 1. The van der Waals surface area contributed by atoms with Gasteiger partial charge in [-0.25, -0.2) is 0 Å². The molecule has 0 radical (unpaired) electrons. The standard InChI is InChI=1S/C17H24N2OS2/c1-13-6-9-19(10-7-13)17(21)22-11-8-16(20)18-15-5-3-4-14(2)12-15/h3-5,12-13H,6-11H2,1-2H3,(H,18,20). The Morgan fingerprint density at radius 1 is 1.41 bits per heavy atom. The van der Waals surface area contributed by atoms with Crippen molar-refractivity contribution in [2.45, 2.75) is 33.1 Å². The van der Waals surface area contributed by atoms with Gasteiger partial charge in [0.05, 0.1) is 0 Å². The van der Waals surface area contributed by atoms with Crippen LogP contribution in [0.1, 0.15) is 31.7 Å². The summed E-state index contributed by atoms with van der Waals surface area (Å²) in [5.74, 6) is 1.60. The molecule has 0 bridgehead atoms. The average molecular weight is 337 g/mol. The number of likely N-dealkylation sites (tertiary alicyclic amines) is 1. The quantitative estimate of drug-likeness (QED) is 0.840. The van der Waals surface area contributed by atoms with E-state index in [1.54, 1.807) is 11.8 Å². The van der Waals surface area contributed by atoms with Gasteiger partial charge in [0.15, 0.2) is 0 Å². The Bertz CT molecular complexity index is 525. The van der Waals surface area contributed by atoms with Crippen LogP contribution in [-0.2, 0) is 4.79 Å². The summed E-state index contributed by atoms with van der Waals surface area (Å²) >= 11 is 7.09. The second-order valence-corrected chi connectivity index (χ2v) is 7.68. The molecule has 2 rings (SSSR count). The van der Waals surface area contributed by atoms with Crippen LogP contribution >= 0.6 is 24.0 Å². The summed E-state index contributed by atoms with van der Waals surface area (Å²) in [7, 11) is 0. The smallest absolute Gasteiger partial charge is 0.225 e. The molecular formula is C17H24N2OS2. The monoisotopic (exact) mass is 336 g/mol. The van der Waals surface area contributed by atoms with Crippen LogP contribution in [0.3, 0.4) is 0 Å². The molecule has 5 heteroatoms. The van der Waals surface area contributed by atoms with E-state index >= 15 is 0 Å². The van der Waals surface area contributed by atoms with E-state index in [1.165, 1.54) is 12.8 Å². The topological polar surface area (TPSA) is 32.3 Å². The van der Waals surface area contributed by atoms with Gasteiger partial charge >= 0.3 is 0 Å². The van der Waals surface area contributed by atoms with E-state index in [9.17, 15) is 4.79 Å². The number of hydrogen-bond acceptors (Lipinski definition) is 3. The van der Waals surface area contributed by atoms with Crippen LogP contribution in [0.15, 0.2) is 24.3 Å². The number of carbonyl (C=O) groups is 1. The Kier molecular flexibility index (Phi) is 6.70. The molecule has 3 nitrogen and oxygen atoms in total. The fourth-order valence-corrected chi connectivity index (χ4v) is 3.72. The Morgan fingerprint density at radius 3 is 2.82 bits per heavy atom. The normalized spacial score (nSPS) is 15.6. The van der Waals surface area contributed by atoms with Gasteiger partial charge in [-0.2, -0.15) is 0 Å². The number of piperidine rings is 1. The highest BCUT2D eigenvalue weighted by Crippen LogP contribution is 2.20. The van der Waals surface area contributed by atoms with E-state index < -0.39 is 0 Å². The van der Waals surface area contributed by atoms with Crippen LogP contribution in [0.5, 0.6) is 0 Å². The lowest BCUT2D eigenvalue weighted by Crippen LogP contribution is -2.35. The Balaban J connectivity index is 1.67. The van der Waals surface area contributed by atoms with Crippen LogP contribution < -0.4 is 5.32 Å². The van der Waals surface area contributed by atoms with E-state index in [0.717, 1.165) is 40.3 Å². The van der Waals surface area contributed by atoms with E-state index in [-0.39, 0.29) is 5.91 Å². The fourth-order valence-electron chi connectivity index (χ4n) is 2.46. The minimum absolute atomic E-state index is 0.0492. The van der Waals surface area contributed by atoms with Gasteiger partial charge < -0.3 is 10.2 Å². The maximum Gasteiger partial charge on any atom is 0.225 e. The third-order valence-corrected chi connectivity index (χ3v) is 5.42. The van der Waals surface area contributed by atoms with E-state index in [0.29, 0.717) is 6.42 Å². The number of aryl methyl sites for hydroxylation is 1. The van der Waals surface area contributed by atoms with Gasteiger partial charge in [0.2, 0.25) is 5.91 Å². The number of nitrogens with one attached hydrogen (secondary N) is 1. The molecule has 1 aliphatic heterocycles. The van der Waals surface area contributed by atoms with Crippen molar-refractivity contribution in [3.63, 3.8) is 0 Å². The zero-order valence-corrected chi connectivity index (χ0v) is 14.9. The number of anilines is 1. The molecule has 22 heavy (non-hydrogen) atoms. The van der Waals surface area contributed by atoms with Crippen molar-refractivity contribution in [1.82, 2.24) is 4.90 Å². The van der Waals surface area contributed by atoms with Gasteiger partial charge in [-0.3, -0.25) is 4.79 Å². The molecule has 1 fully saturated rings. The predicted octanol–water partition coefficient (Wildman–Crippen LogP) is 4.07. The number of rotatable bonds is 4. The maximum absolute atomic E-state index is 11.9. The number of hydrogen-bond donors (Lipinski definition) is 1. The Labute approximate surface area is 142 Å². The van der Waals surface area contributed by atoms with Crippen molar-refractivity contribution >= 4 is 39.9 Å². The van der Waals surface area contributed by atoms with Gasteiger partial charge in [-0.1, -0.05) is 43.0 Å². The number of thioether (sulfide) groups is 1. The lowest BCUT2D eigenvalue weighted by atomic mass is 10.00. The number of thiocarbonyl (C=S) groups is 1. The molecule has 1 amide bonds. The number of nitrogens with zero attached hydrogens (tertiary/aromatic N) is 1. The summed E-state index contributed by atoms with van der Waals surface area (Å²) in [6.45, 7) is 6.43. The molecule has 1 aliphatic rings. The SMILES string of the molecule is Cc1cccc(NC(=O)CCSC(=S)N2CCC(C)CC2)c1. The fraction of sp³-hybridized carbons (Fsp3) is 0.529. The first-order valence-electron chi connectivity index (χ1n) is 7.83. The number of benzene rings is 1. The molecule has 0 aliphatic carbocycles. The molecule has 1 N–H and O–H groups in total. The van der Waals surface area contributed by atoms with Gasteiger partial charge in [0.25, 0.3) is 0 Å². The molecule has 120 valence electrons. The van der Waals surface area contributed by atoms with E-state index in [2.05, 4.69) is 17.1 Å². The minimum atomic E-state index is 0.0492. The minimum Gasteiger partial charge on any atom is -0.358 e. The van der Waals surface area contributed by atoms with Gasteiger partial charge in [-0.05, 0) is 43.4 Å². The largest absolute Gasteiger partial charge is 0.358 e. The molecule has 1 aromatic carbocycles. The van der Waals surface area contributed by atoms with Gasteiger partial charge in [0.1, 0.15) is 4.32 Å². The maximum atomic E-state index is 11.9. The molecule has 0 aromatic heterocycles. The van der Waals surface area contributed by atoms with Crippen molar-refractivity contribution < 1.29 is 4.79 Å². The third-order valence-electron chi connectivity index (χ3n) is 3.90. The average Bonchev–Trinajstić information content (AvgIpc) is 2.47. The molecule has 0 atom stereocenters. The molecule has 0 spiro atoms. The van der Waals surface area contributed by atoms with Crippen LogP contribution in [0, 0.1) is 12.8 Å². The molecule has 1 saturated heterocycles. The first-order chi connectivity index (χ1) is 10.5. The summed E-state index contributed by atoms with van der Waals surface area (Å²) in [6, 6.07) is 7.86. The third kappa shape index (κ3) is 5.61. The first-order valence-corrected chi connectivity index (χ1v) is 9.22. The summed E-state index contributed by atoms with van der Waals surface area (Å²) in [5, 5.41) is 2.93. The van der Waals surface area contributed by atoms with Crippen molar-refractivity contribution in [1.29, 1.82) is 0 Å². The predicted molar refractivity (Wildman–Crippen MR) is 99.5 cm³/mol. The van der Waals surface area contributed by atoms with Crippen LogP contribution in [0.25, 0.3) is 0 Å². The highest BCUT2D eigenvalue weighted by molar-refractivity contribution is 8.22. The second kappa shape index (κ2) is 8.53. The molecule has 1 aromatic rings. The summed E-state index contributed by atoms with van der Waals surface area (Å²) in [4.78, 5) is 14.2. The highest BCUT2D eigenvalue weighted by atomic mass is 32.2. The lowest BCUT2D eigenvalue weighted by molar-refractivity contribution is -0.115. The second-order valence-electron chi connectivity index (χ2n) is 5.95. The molecule has 1 heterocycles. The van der Waals surface area contributed by atoms with Crippen molar-refractivity contribution in [2.24, 2.45) is 5.92 Å². The van der Waals surface area contributed by atoms with Crippen molar-refractivity contribution in [3.8, 4) is 0 Å². The Morgan fingerprint density at radius 2 is 2.14 bits per heavy atom. The number of carbonyl (C=O) groups excluding carboxylic acids is 1. The van der Waals surface area contributed by atoms with E-state index in [1.807, 2.05) is 31.2 Å². The summed E-state index contributed by atoms with van der Waals surface area (Å²) < 4.78 is 0.940. The van der Waals surface area contributed by atoms with Crippen molar-refractivity contribution in [3.05, 3.63) is 29.8 Å². The Hall–Kier alpha value is -1.07.